The third-order valence-electron chi connectivity index (χ3n) is 7.43. The molecule has 2 aromatic rings. The largest absolute Gasteiger partial charge is 0.150 e. The predicted octanol–water partition coefficient (Wildman–Crippen LogP) is 11.9. The summed E-state index contributed by atoms with van der Waals surface area (Å²) >= 11 is 0. The van der Waals surface area contributed by atoms with Gasteiger partial charge in [0.2, 0.25) is 0 Å². The third kappa shape index (κ3) is 7.36. The molecule has 2 aromatic carbocycles. The first-order valence-corrected chi connectivity index (χ1v) is 14.5. The molecule has 0 spiro atoms. The van der Waals surface area contributed by atoms with E-state index < -0.39 is 0 Å². The molecule has 2 nitrogen and oxygen atoms in total. The Bertz CT molecular complexity index is 1020. The first-order valence-electron chi connectivity index (χ1n) is 14.5. The zero-order valence-corrected chi connectivity index (χ0v) is 28.2. The van der Waals surface area contributed by atoms with Gasteiger partial charge in [-0.2, -0.15) is 0 Å². The molecule has 0 unspecified atom stereocenters. The van der Waals surface area contributed by atoms with Crippen molar-refractivity contribution in [3.05, 3.63) is 57.6 Å². The minimum absolute atomic E-state index is 0.0528. The van der Waals surface area contributed by atoms with E-state index in [9.17, 15) is 0 Å². The molecule has 0 aliphatic carbocycles. The highest BCUT2D eigenvalue weighted by Gasteiger charge is 2.32. The zero-order valence-electron chi connectivity index (χ0n) is 28.2. The molecule has 2 heteroatoms. The molecule has 0 amide bonds. The maximum Gasteiger partial charge on any atom is 0.0931 e. The molecule has 0 heterocycles. The third-order valence-corrected chi connectivity index (χ3v) is 7.43. The first kappa shape index (κ1) is 32.3. The number of benzene rings is 2. The van der Waals surface area contributed by atoms with Crippen molar-refractivity contribution < 1.29 is 0 Å². The zero-order chi connectivity index (χ0) is 29.9. The van der Waals surface area contributed by atoms with Crippen molar-refractivity contribution in [2.75, 3.05) is 0 Å². The van der Waals surface area contributed by atoms with E-state index in [0.717, 1.165) is 11.4 Å². The molecule has 212 valence electrons. The summed E-state index contributed by atoms with van der Waals surface area (Å²) in [5.74, 6) is 0. The molecule has 2 rings (SSSR count). The summed E-state index contributed by atoms with van der Waals surface area (Å²) < 4.78 is 0. The van der Waals surface area contributed by atoms with Crippen molar-refractivity contribution >= 4 is 11.4 Å². The molecule has 0 saturated heterocycles. The van der Waals surface area contributed by atoms with Crippen molar-refractivity contribution in [1.82, 2.24) is 0 Å². The van der Waals surface area contributed by atoms with Crippen molar-refractivity contribution in [1.29, 1.82) is 0 Å². The van der Waals surface area contributed by atoms with Crippen LogP contribution in [-0.2, 0) is 32.5 Å². The van der Waals surface area contributed by atoms with Gasteiger partial charge in [0, 0.05) is 0 Å². The van der Waals surface area contributed by atoms with Gasteiger partial charge in [-0.25, -0.2) is 0 Å². The summed E-state index contributed by atoms with van der Waals surface area (Å²) in [6.45, 7) is 41.3. The highest BCUT2D eigenvalue weighted by Crippen LogP contribution is 2.46. The van der Waals surface area contributed by atoms with E-state index in [2.05, 4.69) is 149 Å². The molecule has 0 fully saturated rings. The van der Waals surface area contributed by atoms with Crippen molar-refractivity contribution in [2.24, 2.45) is 10.2 Å². The normalized spacial score (nSPS) is 14.5. The van der Waals surface area contributed by atoms with Crippen LogP contribution in [0.3, 0.4) is 0 Å². The summed E-state index contributed by atoms with van der Waals surface area (Å²) in [5, 5.41) is 10.4. The lowest BCUT2D eigenvalue weighted by atomic mass is 9.74. The van der Waals surface area contributed by atoms with Crippen LogP contribution in [0.15, 0.2) is 34.5 Å². The van der Waals surface area contributed by atoms with E-state index in [4.69, 9.17) is 10.2 Å². The first-order chi connectivity index (χ1) is 16.6. The molecule has 38 heavy (non-hydrogen) atoms. The Kier molecular flexibility index (Phi) is 8.40. The Balaban J connectivity index is 3.07. The van der Waals surface area contributed by atoms with Crippen molar-refractivity contribution in [3.63, 3.8) is 0 Å². The van der Waals surface area contributed by atoms with Gasteiger partial charge < -0.3 is 0 Å². The van der Waals surface area contributed by atoms with Gasteiger partial charge in [-0.1, -0.05) is 149 Å². The van der Waals surface area contributed by atoms with Crippen molar-refractivity contribution in [2.45, 2.75) is 157 Å². The molecule has 0 aromatic heterocycles. The minimum atomic E-state index is -0.0641. The van der Waals surface area contributed by atoms with Crippen LogP contribution in [0.2, 0.25) is 0 Å². The van der Waals surface area contributed by atoms with Gasteiger partial charge in [0.1, 0.15) is 0 Å². The quantitative estimate of drug-likeness (QED) is 0.353. The Labute approximate surface area is 236 Å². The van der Waals surface area contributed by atoms with E-state index >= 15 is 0 Å². The lowest BCUT2D eigenvalue weighted by Crippen LogP contribution is -2.22. The fourth-order valence-electron chi connectivity index (χ4n) is 4.74. The maximum absolute atomic E-state index is 5.20. The van der Waals surface area contributed by atoms with Crippen LogP contribution in [-0.4, -0.2) is 0 Å². The van der Waals surface area contributed by atoms with Crippen molar-refractivity contribution in [3.8, 4) is 0 Å². The number of nitrogens with zero attached hydrogens (tertiary/aromatic N) is 2. The maximum atomic E-state index is 5.20. The van der Waals surface area contributed by atoms with E-state index in [1.807, 2.05) is 0 Å². The second kappa shape index (κ2) is 9.90. The van der Waals surface area contributed by atoms with Crippen LogP contribution in [0.25, 0.3) is 0 Å². The van der Waals surface area contributed by atoms with Gasteiger partial charge in [-0.3, -0.25) is 0 Å². The molecular formula is C36H58N2. The van der Waals surface area contributed by atoms with E-state index in [0.29, 0.717) is 0 Å². The average molecular weight is 519 g/mol. The van der Waals surface area contributed by atoms with Crippen LogP contribution in [0.4, 0.5) is 11.4 Å². The van der Waals surface area contributed by atoms with Crippen LogP contribution in [0, 0.1) is 0 Å². The second-order valence-corrected chi connectivity index (χ2v) is 17.5. The van der Waals surface area contributed by atoms with Gasteiger partial charge in [0.15, 0.2) is 0 Å². The van der Waals surface area contributed by atoms with E-state index in [-0.39, 0.29) is 32.5 Å². The Hall–Kier alpha value is -1.96. The molecule has 0 N–H and O–H groups in total. The Morgan fingerprint density at radius 2 is 0.500 bits per heavy atom. The number of hydrogen-bond acceptors (Lipinski definition) is 2. The summed E-state index contributed by atoms with van der Waals surface area (Å²) in [5.41, 5.74) is 9.66. The SMILES string of the molecule is CC(C)(C)c1cc(C(C)(C)C)c(N=Nc2c(C(C)(C)C)cc(C(C)(C)C)cc2C(C)(C)C)c(C(C)(C)C)c1. The topological polar surface area (TPSA) is 24.7 Å². The monoisotopic (exact) mass is 518 g/mol. The fourth-order valence-corrected chi connectivity index (χ4v) is 4.74. The smallest absolute Gasteiger partial charge is 0.0931 e. The second-order valence-electron chi connectivity index (χ2n) is 17.5. The molecular weight excluding hydrogens is 460 g/mol. The molecule has 0 aliphatic heterocycles. The molecule has 0 atom stereocenters. The molecule has 0 aliphatic rings. The highest BCUT2D eigenvalue weighted by atomic mass is 15.1. The Morgan fingerprint density at radius 3 is 0.632 bits per heavy atom. The number of hydrogen-bond donors (Lipinski definition) is 0. The number of rotatable bonds is 2. The predicted molar refractivity (Wildman–Crippen MR) is 169 cm³/mol. The standard InChI is InChI=1S/C36H58N2/c1-31(2,3)23-19-25(33(7,8)9)29(26(20-23)34(10,11)12)37-38-30-27(35(13,14)15)21-24(32(4,5)6)22-28(30)36(16,17)18/h19-22H,1-18H3. The summed E-state index contributed by atoms with van der Waals surface area (Å²) in [6.07, 6.45) is 0. The summed E-state index contributed by atoms with van der Waals surface area (Å²) in [4.78, 5) is 0. The molecule has 0 saturated carbocycles. The summed E-state index contributed by atoms with van der Waals surface area (Å²) in [6, 6.07) is 9.51. The lowest BCUT2D eigenvalue weighted by molar-refractivity contribution is 0.545. The fraction of sp³-hybridized carbons (Fsp3) is 0.667. The highest BCUT2D eigenvalue weighted by molar-refractivity contribution is 5.63. The average Bonchev–Trinajstić information content (AvgIpc) is 2.66. The van der Waals surface area contributed by atoms with E-state index in [1.54, 1.807) is 0 Å². The van der Waals surface area contributed by atoms with Gasteiger partial charge in [0.25, 0.3) is 0 Å². The van der Waals surface area contributed by atoms with Gasteiger partial charge in [-0.05, 0) is 65.9 Å². The van der Waals surface area contributed by atoms with Crippen LogP contribution in [0.1, 0.15) is 158 Å². The van der Waals surface area contributed by atoms with Gasteiger partial charge in [0.05, 0.1) is 11.4 Å². The van der Waals surface area contributed by atoms with Crippen LogP contribution < -0.4 is 0 Å². The lowest BCUT2D eigenvalue weighted by Gasteiger charge is -2.33. The van der Waals surface area contributed by atoms with Crippen LogP contribution >= 0.6 is 0 Å². The molecule has 0 radical (unpaired) electrons. The Morgan fingerprint density at radius 1 is 0.316 bits per heavy atom. The minimum Gasteiger partial charge on any atom is -0.150 e. The summed E-state index contributed by atoms with van der Waals surface area (Å²) in [7, 11) is 0. The van der Waals surface area contributed by atoms with Crippen LogP contribution in [0.5, 0.6) is 0 Å². The van der Waals surface area contributed by atoms with E-state index in [1.165, 1.54) is 33.4 Å². The number of azo groups is 1. The van der Waals surface area contributed by atoms with Gasteiger partial charge in [-0.15, -0.1) is 10.2 Å². The van der Waals surface area contributed by atoms with Gasteiger partial charge >= 0.3 is 0 Å². The molecule has 0 bridgehead atoms.